The minimum Gasteiger partial charge on any atom is -0.384 e. The number of aromatic nitrogens is 1. The topological polar surface area (TPSA) is 78.5 Å². The first-order valence-corrected chi connectivity index (χ1v) is 5.96. The molecule has 0 atom stereocenters. The Balaban J connectivity index is 2.75. The average Bonchev–Trinajstić information content (AvgIpc) is 2.61. The first-order chi connectivity index (χ1) is 9.01. The molecule has 2 N–H and O–H groups in total. The van der Waals surface area contributed by atoms with Gasteiger partial charge < -0.3 is 5.73 Å². The Kier molecular flexibility index (Phi) is 3.21. The highest BCUT2D eigenvalue weighted by Gasteiger charge is 2.17. The molecule has 1 heterocycles. The average molecular weight is 271 g/mol. The van der Waals surface area contributed by atoms with Crippen LogP contribution in [0, 0.1) is 36.5 Å². The molecule has 0 unspecified atom stereocenters. The fourth-order valence-corrected chi connectivity index (χ4v) is 2.31. The third-order valence-corrected chi connectivity index (χ3v) is 3.48. The Morgan fingerprint density at radius 3 is 2.37 bits per heavy atom. The van der Waals surface area contributed by atoms with E-state index < -0.39 is 0 Å². The zero-order chi connectivity index (χ0) is 14.2. The largest absolute Gasteiger partial charge is 0.384 e. The summed E-state index contributed by atoms with van der Waals surface area (Å²) in [5, 5.41) is 18.4. The van der Waals surface area contributed by atoms with Crippen molar-refractivity contribution >= 4 is 17.4 Å². The maximum Gasteiger partial charge on any atom is 0.126 e. The molecule has 0 aliphatic rings. The standard InChI is InChI=1S/C14H11ClN4/c1-8-9(2)19(14(18)11(8)7-17)13-4-3-10(6-16)5-12(13)15/h3-5H,18H2,1-2H3. The molecule has 0 bridgehead atoms. The van der Waals surface area contributed by atoms with Gasteiger partial charge in [-0.05, 0) is 37.6 Å². The van der Waals surface area contributed by atoms with Gasteiger partial charge >= 0.3 is 0 Å². The fourth-order valence-electron chi connectivity index (χ4n) is 2.04. The van der Waals surface area contributed by atoms with Gasteiger partial charge in [-0.15, -0.1) is 0 Å². The molecule has 2 rings (SSSR count). The number of anilines is 1. The predicted octanol–water partition coefficient (Wildman–Crippen LogP) is 3.07. The second kappa shape index (κ2) is 4.68. The van der Waals surface area contributed by atoms with Crippen LogP contribution in [0.3, 0.4) is 0 Å². The zero-order valence-corrected chi connectivity index (χ0v) is 11.3. The molecule has 94 valence electrons. The van der Waals surface area contributed by atoms with Gasteiger partial charge in [0.15, 0.2) is 0 Å². The Hall–Kier alpha value is -2.43. The molecule has 0 aliphatic heterocycles. The molecule has 0 radical (unpaired) electrons. The van der Waals surface area contributed by atoms with Crippen LogP contribution in [0.15, 0.2) is 18.2 Å². The van der Waals surface area contributed by atoms with Crippen LogP contribution in [0.2, 0.25) is 5.02 Å². The second-order valence-electron chi connectivity index (χ2n) is 4.20. The van der Waals surface area contributed by atoms with Crippen LogP contribution in [0.5, 0.6) is 0 Å². The number of nitrogen functional groups attached to an aromatic ring is 1. The molecule has 1 aromatic carbocycles. The van der Waals surface area contributed by atoms with E-state index in [9.17, 15) is 0 Å². The quantitative estimate of drug-likeness (QED) is 0.865. The monoisotopic (exact) mass is 270 g/mol. The van der Waals surface area contributed by atoms with Crippen molar-refractivity contribution in [2.75, 3.05) is 5.73 Å². The molecule has 1 aromatic heterocycles. The molecule has 5 heteroatoms. The highest BCUT2D eigenvalue weighted by molar-refractivity contribution is 6.32. The number of nitriles is 2. The highest BCUT2D eigenvalue weighted by atomic mass is 35.5. The summed E-state index contributed by atoms with van der Waals surface area (Å²) in [5.74, 6) is 0.365. The van der Waals surface area contributed by atoms with Crippen molar-refractivity contribution in [3.05, 3.63) is 45.6 Å². The zero-order valence-electron chi connectivity index (χ0n) is 10.5. The predicted molar refractivity (Wildman–Crippen MR) is 74.1 cm³/mol. The lowest BCUT2D eigenvalue weighted by molar-refractivity contribution is 1.02. The van der Waals surface area contributed by atoms with Crippen molar-refractivity contribution in [2.45, 2.75) is 13.8 Å². The van der Waals surface area contributed by atoms with E-state index in [1.54, 1.807) is 22.8 Å². The molecule has 2 aromatic rings. The lowest BCUT2D eigenvalue weighted by Gasteiger charge is -2.11. The molecular formula is C14H11ClN4. The van der Waals surface area contributed by atoms with Crippen LogP contribution in [0.1, 0.15) is 22.4 Å². The maximum atomic E-state index is 9.12. The third-order valence-electron chi connectivity index (χ3n) is 3.18. The molecule has 0 amide bonds. The van der Waals surface area contributed by atoms with E-state index in [-0.39, 0.29) is 0 Å². The molecule has 0 saturated carbocycles. The van der Waals surface area contributed by atoms with Crippen molar-refractivity contribution in [3.63, 3.8) is 0 Å². The minimum absolute atomic E-state index is 0.365. The van der Waals surface area contributed by atoms with Crippen molar-refractivity contribution in [3.8, 4) is 17.8 Å². The summed E-state index contributed by atoms with van der Waals surface area (Å²) in [7, 11) is 0. The lowest BCUT2D eigenvalue weighted by atomic mass is 10.2. The number of hydrogen-bond donors (Lipinski definition) is 1. The Morgan fingerprint density at radius 2 is 1.89 bits per heavy atom. The molecule has 0 saturated heterocycles. The van der Waals surface area contributed by atoms with Crippen molar-refractivity contribution in [1.29, 1.82) is 10.5 Å². The molecule has 0 spiro atoms. The van der Waals surface area contributed by atoms with Gasteiger partial charge in [0.25, 0.3) is 0 Å². The van der Waals surface area contributed by atoms with E-state index in [0.29, 0.717) is 27.7 Å². The summed E-state index contributed by atoms with van der Waals surface area (Å²) in [5.41, 5.74) is 9.30. The molecule has 0 aliphatic carbocycles. The summed E-state index contributed by atoms with van der Waals surface area (Å²) in [6, 6.07) is 9.10. The number of halogens is 1. The summed E-state index contributed by atoms with van der Waals surface area (Å²) in [6.07, 6.45) is 0. The number of nitrogens with two attached hydrogens (primary N) is 1. The van der Waals surface area contributed by atoms with Gasteiger partial charge in [0.1, 0.15) is 11.9 Å². The van der Waals surface area contributed by atoms with Crippen LogP contribution in [-0.2, 0) is 0 Å². The maximum absolute atomic E-state index is 9.12. The van der Waals surface area contributed by atoms with Crippen LogP contribution < -0.4 is 5.73 Å². The Bertz CT molecular complexity index is 744. The van der Waals surface area contributed by atoms with Gasteiger partial charge in [0.05, 0.1) is 27.9 Å². The van der Waals surface area contributed by atoms with Crippen LogP contribution >= 0.6 is 11.6 Å². The second-order valence-corrected chi connectivity index (χ2v) is 4.60. The van der Waals surface area contributed by atoms with E-state index in [1.165, 1.54) is 0 Å². The first kappa shape index (κ1) is 13.0. The number of rotatable bonds is 1. The number of hydrogen-bond acceptors (Lipinski definition) is 3. The van der Waals surface area contributed by atoms with Gasteiger partial charge in [-0.2, -0.15) is 10.5 Å². The smallest absolute Gasteiger partial charge is 0.126 e. The van der Waals surface area contributed by atoms with Gasteiger partial charge in [-0.25, -0.2) is 0 Å². The summed E-state index contributed by atoms with van der Waals surface area (Å²) in [4.78, 5) is 0. The Labute approximate surface area is 116 Å². The molecule has 0 fully saturated rings. The van der Waals surface area contributed by atoms with Crippen LogP contribution in [-0.4, -0.2) is 4.57 Å². The van der Waals surface area contributed by atoms with Crippen LogP contribution in [0.4, 0.5) is 5.82 Å². The van der Waals surface area contributed by atoms with Gasteiger partial charge in [0, 0.05) is 5.69 Å². The van der Waals surface area contributed by atoms with Crippen LogP contribution in [0.25, 0.3) is 5.69 Å². The normalized spacial score (nSPS) is 9.95. The lowest BCUT2D eigenvalue weighted by Crippen LogP contribution is -2.03. The fraction of sp³-hybridized carbons (Fsp3) is 0.143. The summed E-state index contributed by atoms with van der Waals surface area (Å²) >= 11 is 6.18. The van der Waals surface area contributed by atoms with Gasteiger partial charge in [0.2, 0.25) is 0 Å². The third kappa shape index (κ3) is 1.93. The van der Waals surface area contributed by atoms with Gasteiger partial charge in [-0.3, -0.25) is 4.57 Å². The van der Waals surface area contributed by atoms with E-state index in [1.807, 2.05) is 19.9 Å². The molecule has 4 nitrogen and oxygen atoms in total. The highest BCUT2D eigenvalue weighted by Crippen LogP contribution is 2.31. The number of benzene rings is 1. The van der Waals surface area contributed by atoms with E-state index in [4.69, 9.17) is 27.9 Å². The summed E-state index contributed by atoms with van der Waals surface area (Å²) < 4.78 is 1.73. The molecular weight excluding hydrogens is 260 g/mol. The SMILES string of the molecule is Cc1c(C#N)c(N)n(-c2ccc(C#N)cc2Cl)c1C. The van der Waals surface area contributed by atoms with E-state index in [2.05, 4.69) is 6.07 Å². The number of nitrogens with zero attached hydrogens (tertiary/aromatic N) is 3. The first-order valence-electron chi connectivity index (χ1n) is 5.58. The van der Waals surface area contributed by atoms with Gasteiger partial charge in [-0.1, -0.05) is 11.6 Å². The van der Waals surface area contributed by atoms with E-state index in [0.717, 1.165) is 11.3 Å². The van der Waals surface area contributed by atoms with Crippen molar-refractivity contribution in [1.82, 2.24) is 4.57 Å². The molecule has 19 heavy (non-hydrogen) atoms. The van der Waals surface area contributed by atoms with Crippen molar-refractivity contribution < 1.29 is 0 Å². The summed E-state index contributed by atoms with van der Waals surface area (Å²) in [6.45, 7) is 3.72. The van der Waals surface area contributed by atoms with E-state index >= 15 is 0 Å². The Morgan fingerprint density at radius 1 is 1.21 bits per heavy atom. The minimum atomic E-state index is 0.365. The van der Waals surface area contributed by atoms with Crippen molar-refractivity contribution in [2.24, 2.45) is 0 Å².